The van der Waals surface area contributed by atoms with E-state index in [2.05, 4.69) is 51.5 Å². The Balaban J connectivity index is 0.000000928. The van der Waals surface area contributed by atoms with Crippen LogP contribution in [0, 0.1) is 6.92 Å². The maximum atomic E-state index is 11.7. The summed E-state index contributed by atoms with van der Waals surface area (Å²) in [5.41, 5.74) is 5.28. The van der Waals surface area contributed by atoms with E-state index in [0.29, 0.717) is 18.1 Å². The fourth-order valence-electron chi connectivity index (χ4n) is 3.13. The van der Waals surface area contributed by atoms with Crippen molar-refractivity contribution in [3.63, 3.8) is 0 Å². The molecule has 0 saturated heterocycles. The highest BCUT2D eigenvalue weighted by atomic mass is 32.1. The number of ketones is 1. The number of nitrogens with zero attached hydrogens (tertiary/aromatic N) is 1. The molecule has 0 bridgehead atoms. The highest BCUT2D eigenvalue weighted by Gasteiger charge is 2.13. The second-order valence-corrected chi connectivity index (χ2v) is 10.0. The lowest BCUT2D eigenvalue weighted by molar-refractivity contribution is -0.113. The molecule has 2 aromatic rings. The Morgan fingerprint density at radius 1 is 1.23 bits per heavy atom. The number of aromatic nitrogens is 2. The van der Waals surface area contributed by atoms with Crippen LogP contribution in [0.5, 0.6) is 0 Å². The number of ether oxygens (including phenoxy) is 1. The van der Waals surface area contributed by atoms with E-state index in [4.69, 9.17) is 9.72 Å². The van der Waals surface area contributed by atoms with Crippen molar-refractivity contribution in [2.75, 3.05) is 6.61 Å². The molecule has 0 aliphatic heterocycles. The fourth-order valence-corrected chi connectivity index (χ4v) is 3.92. The van der Waals surface area contributed by atoms with E-state index in [1.54, 1.807) is 12.2 Å². The molecule has 6 nitrogen and oxygen atoms in total. The number of allylic oxidation sites excluding steroid dienone is 5. The number of carbonyl (C=O) groups is 2. The highest BCUT2D eigenvalue weighted by Crippen LogP contribution is 2.31. The Morgan fingerprint density at radius 3 is 2.49 bits per heavy atom. The molecule has 0 aromatic carbocycles. The van der Waals surface area contributed by atoms with Gasteiger partial charge < -0.3 is 15.0 Å². The summed E-state index contributed by atoms with van der Waals surface area (Å²) in [5, 5.41) is 5.21. The lowest BCUT2D eigenvalue weighted by atomic mass is 10.1. The first-order valence-electron chi connectivity index (χ1n) is 13.8. The molecule has 2 aromatic heterocycles. The van der Waals surface area contributed by atoms with Crippen molar-refractivity contribution in [2.45, 2.75) is 93.6 Å². The van der Waals surface area contributed by atoms with Gasteiger partial charge in [-0.1, -0.05) is 71.8 Å². The summed E-state index contributed by atoms with van der Waals surface area (Å²) in [6, 6.07) is 0. The van der Waals surface area contributed by atoms with Gasteiger partial charge in [-0.25, -0.2) is 4.98 Å². The van der Waals surface area contributed by atoms with Gasteiger partial charge in [0.15, 0.2) is 5.78 Å². The number of H-pyrrole nitrogens is 1. The number of hydrogen-bond acceptors (Lipinski definition) is 5. The zero-order chi connectivity index (χ0) is 29.6. The zero-order valence-electron chi connectivity index (χ0n) is 25.2. The topological polar surface area (TPSA) is 84.1 Å². The van der Waals surface area contributed by atoms with Crippen molar-refractivity contribution in [1.29, 1.82) is 0 Å². The van der Waals surface area contributed by atoms with Crippen molar-refractivity contribution in [2.24, 2.45) is 0 Å². The molecule has 1 atom stereocenters. The molecule has 0 radical (unpaired) electrons. The maximum Gasteiger partial charge on any atom is 0.211 e. The van der Waals surface area contributed by atoms with Crippen LogP contribution in [0.3, 0.4) is 0 Å². The van der Waals surface area contributed by atoms with Gasteiger partial charge in [0.25, 0.3) is 0 Å². The van der Waals surface area contributed by atoms with Gasteiger partial charge in [0.1, 0.15) is 5.01 Å². The third kappa shape index (κ3) is 14.6. The number of nitrogens with one attached hydrogen (secondary N) is 2. The molecule has 1 amide bonds. The lowest BCUT2D eigenvalue weighted by Gasteiger charge is -2.09. The van der Waals surface area contributed by atoms with E-state index in [1.165, 1.54) is 50.1 Å². The number of aryl methyl sites for hydroxylation is 1. The Hall–Kier alpha value is -3.03. The third-order valence-electron chi connectivity index (χ3n) is 5.45. The summed E-state index contributed by atoms with van der Waals surface area (Å²) in [5.74, 6) is -0.131. The van der Waals surface area contributed by atoms with Crippen LogP contribution in [-0.2, 0) is 14.3 Å². The minimum Gasteiger partial charge on any atom is -0.379 e. The highest BCUT2D eigenvalue weighted by molar-refractivity contribution is 7.11. The van der Waals surface area contributed by atoms with Crippen LogP contribution in [0.2, 0.25) is 0 Å². The average Bonchev–Trinajstić information content (AvgIpc) is 3.55. The van der Waals surface area contributed by atoms with Crippen molar-refractivity contribution >= 4 is 35.2 Å². The largest absolute Gasteiger partial charge is 0.379 e. The van der Waals surface area contributed by atoms with E-state index in [0.717, 1.165) is 46.1 Å². The van der Waals surface area contributed by atoms with E-state index in [9.17, 15) is 9.59 Å². The molecule has 2 N–H and O–H groups in total. The van der Waals surface area contributed by atoms with Crippen LogP contribution in [0.25, 0.3) is 22.9 Å². The zero-order valence-corrected chi connectivity index (χ0v) is 26.0. The number of Topliss-reactive ketones (excluding diaryl/α,β-unsaturated/α-hetero) is 1. The quantitative estimate of drug-likeness (QED) is 0.106. The monoisotopic (exact) mass is 555 g/mol. The van der Waals surface area contributed by atoms with Gasteiger partial charge in [-0.2, -0.15) is 0 Å². The van der Waals surface area contributed by atoms with Gasteiger partial charge in [-0.3, -0.25) is 9.59 Å². The van der Waals surface area contributed by atoms with Gasteiger partial charge in [-0.05, 0) is 52.2 Å². The summed E-state index contributed by atoms with van der Waals surface area (Å²) < 4.78 is 5.49. The van der Waals surface area contributed by atoms with Crippen LogP contribution in [0.1, 0.15) is 96.8 Å². The molecule has 0 saturated carbocycles. The van der Waals surface area contributed by atoms with Crippen molar-refractivity contribution < 1.29 is 14.3 Å². The van der Waals surface area contributed by atoms with Gasteiger partial charge in [0.2, 0.25) is 6.41 Å². The SMILES string of the molecule is C=C/C=C\c1c(-c2csc(/C(C)=C/C(=C\NC=O)C(C)=O)n2)c[nH]c1C.CCC.CCCCCOC(C)CC. The van der Waals surface area contributed by atoms with Gasteiger partial charge in [0, 0.05) is 46.8 Å². The number of unbranched alkanes of at least 4 members (excludes halogenated alkanes) is 2. The molecule has 7 heteroatoms. The Labute approximate surface area is 240 Å². The van der Waals surface area contributed by atoms with Crippen molar-refractivity contribution in [3.05, 3.63) is 64.4 Å². The summed E-state index contributed by atoms with van der Waals surface area (Å²) >= 11 is 1.51. The van der Waals surface area contributed by atoms with Crippen LogP contribution in [0.4, 0.5) is 0 Å². The second-order valence-electron chi connectivity index (χ2n) is 9.15. The summed E-state index contributed by atoms with van der Waals surface area (Å²) in [4.78, 5) is 30.0. The molecule has 2 heterocycles. The molecule has 0 spiro atoms. The van der Waals surface area contributed by atoms with Gasteiger partial charge in [0.05, 0.1) is 11.8 Å². The average molecular weight is 556 g/mol. The van der Waals surface area contributed by atoms with E-state index in [1.807, 2.05) is 37.6 Å². The molecule has 39 heavy (non-hydrogen) atoms. The molecule has 2 rings (SSSR count). The lowest BCUT2D eigenvalue weighted by Crippen LogP contribution is -2.07. The number of aromatic amines is 1. The second kappa shape index (κ2) is 21.9. The molecular formula is C32H49N3O3S. The van der Waals surface area contributed by atoms with E-state index < -0.39 is 0 Å². The number of rotatable bonds is 14. The Bertz CT molecular complexity index is 1080. The number of hydrogen-bond donors (Lipinski definition) is 2. The summed E-state index contributed by atoms with van der Waals surface area (Å²) in [6.45, 7) is 20.8. The molecule has 216 valence electrons. The smallest absolute Gasteiger partial charge is 0.211 e. The number of carbonyl (C=O) groups excluding carboxylic acids is 2. The first kappa shape index (κ1) is 36.0. The minimum atomic E-state index is -0.131. The summed E-state index contributed by atoms with van der Waals surface area (Å²) in [7, 11) is 0. The van der Waals surface area contributed by atoms with E-state index >= 15 is 0 Å². The van der Waals surface area contributed by atoms with Crippen LogP contribution >= 0.6 is 11.3 Å². The Morgan fingerprint density at radius 2 is 1.92 bits per heavy atom. The Kier molecular flexibility index (Phi) is 20.2. The van der Waals surface area contributed by atoms with Crippen LogP contribution < -0.4 is 5.32 Å². The standard InChI is InChI=1S/C20H21N3O2S.C9H20O.C3H8/c1-5-6-7-17-14(3)22-10-18(17)19-11-26-20(23-19)13(2)8-16(15(4)25)9-21-12-24;1-4-6-7-8-10-9(3)5-2;1-3-2/h5-12,22H,1H2,2-4H3,(H,21,24);9H,4-8H2,1-3H3;3H2,1-2H3/b7-6-,13-8+,16-9+;;. The predicted molar refractivity (Wildman–Crippen MR) is 169 cm³/mol. The summed E-state index contributed by atoms with van der Waals surface area (Å²) in [6.07, 6.45) is 17.8. The first-order valence-corrected chi connectivity index (χ1v) is 14.7. The molecule has 0 aliphatic rings. The van der Waals surface area contributed by atoms with Crippen LogP contribution in [0.15, 0.2) is 48.2 Å². The first-order chi connectivity index (χ1) is 18.7. The van der Waals surface area contributed by atoms with E-state index in [-0.39, 0.29) is 5.78 Å². The van der Waals surface area contributed by atoms with Crippen molar-refractivity contribution in [1.82, 2.24) is 15.3 Å². The molecule has 0 aliphatic carbocycles. The third-order valence-corrected chi connectivity index (χ3v) is 6.43. The molecule has 1 unspecified atom stereocenters. The predicted octanol–water partition coefficient (Wildman–Crippen LogP) is 8.68. The normalized spacial score (nSPS) is 12.2. The maximum absolute atomic E-state index is 11.7. The number of amides is 1. The number of thiazole rings is 1. The minimum absolute atomic E-state index is 0.131. The molecular weight excluding hydrogens is 506 g/mol. The van der Waals surface area contributed by atoms with Gasteiger partial charge in [-0.15, -0.1) is 11.3 Å². The van der Waals surface area contributed by atoms with Gasteiger partial charge >= 0.3 is 0 Å². The van der Waals surface area contributed by atoms with Crippen molar-refractivity contribution in [3.8, 4) is 11.3 Å². The van der Waals surface area contributed by atoms with Crippen LogP contribution in [-0.4, -0.2) is 34.9 Å². The fraction of sp³-hybridized carbons (Fsp3) is 0.469. The molecule has 0 fully saturated rings.